The number of carboxylic acid groups (broad SMARTS) is 1. The van der Waals surface area contributed by atoms with Crippen LogP contribution in [0, 0.1) is 5.92 Å². The molecule has 0 radical (unpaired) electrons. The standard InChI is InChI=1S/C10H17NO4S/c1-7-2-3-11(8(7)4-12)9(13)5-16-6-10(14)15/h7-8,12H,2-6H2,1H3,(H,14,15). The third kappa shape index (κ3) is 3.38. The lowest BCUT2D eigenvalue weighted by atomic mass is 10.0. The zero-order valence-corrected chi connectivity index (χ0v) is 10.1. The van der Waals surface area contributed by atoms with Gasteiger partial charge in [-0.05, 0) is 12.3 Å². The number of rotatable bonds is 5. The monoisotopic (exact) mass is 247 g/mol. The van der Waals surface area contributed by atoms with Crippen LogP contribution in [-0.2, 0) is 9.59 Å². The number of carboxylic acids is 1. The van der Waals surface area contributed by atoms with Crippen molar-refractivity contribution in [1.29, 1.82) is 0 Å². The van der Waals surface area contributed by atoms with E-state index in [0.717, 1.165) is 18.2 Å². The molecule has 16 heavy (non-hydrogen) atoms. The molecular weight excluding hydrogens is 230 g/mol. The Morgan fingerprint density at radius 1 is 1.44 bits per heavy atom. The SMILES string of the molecule is CC1CCN(C(=O)CSCC(=O)O)C1CO. The van der Waals surface area contributed by atoms with Crippen LogP contribution >= 0.6 is 11.8 Å². The molecule has 92 valence electrons. The highest BCUT2D eigenvalue weighted by atomic mass is 32.2. The molecule has 0 bridgehead atoms. The number of aliphatic hydroxyl groups excluding tert-OH is 1. The molecule has 0 saturated carbocycles. The molecule has 0 spiro atoms. The molecule has 0 aromatic heterocycles. The Balaban J connectivity index is 2.38. The highest BCUT2D eigenvalue weighted by Crippen LogP contribution is 2.24. The lowest BCUT2D eigenvalue weighted by Gasteiger charge is -2.25. The van der Waals surface area contributed by atoms with Crippen molar-refractivity contribution in [3.8, 4) is 0 Å². The van der Waals surface area contributed by atoms with Gasteiger partial charge in [-0.1, -0.05) is 6.92 Å². The van der Waals surface area contributed by atoms with Gasteiger partial charge in [0.1, 0.15) is 0 Å². The number of aliphatic carboxylic acids is 1. The summed E-state index contributed by atoms with van der Waals surface area (Å²) < 4.78 is 0. The second-order valence-corrected chi connectivity index (χ2v) is 4.98. The summed E-state index contributed by atoms with van der Waals surface area (Å²) in [6.07, 6.45) is 0.903. The number of thioether (sulfide) groups is 1. The molecule has 1 heterocycles. The van der Waals surface area contributed by atoms with Gasteiger partial charge >= 0.3 is 5.97 Å². The molecule has 0 aliphatic carbocycles. The van der Waals surface area contributed by atoms with E-state index in [9.17, 15) is 14.7 Å². The summed E-state index contributed by atoms with van der Waals surface area (Å²) in [6.45, 7) is 2.66. The van der Waals surface area contributed by atoms with Crippen LogP contribution in [0.15, 0.2) is 0 Å². The Labute approximate surface area is 98.8 Å². The lowest BCUT2D eigenvalue weighted by molar-refractivity contribution is -0.133. The second-order valence-electron chi connectivity index (χ2n) is 3.99. The van der Waals surface area contributed by atoms with Gasteiger partial charge in [0.2, 0.25) is 5.91 Å². The third-order valence-electron chi connectivity index (χ3n) is 2.84. The quantitative estimate of drug-likeness (QED) is 0.717. The summed E-state index contributed by atoms with van der Waals surface area (Å²) in [5, 5.41) is 17.6. The highest BCUT2D eigenvalue weighted by Gasteiger charge is 2.33. The van der Waals surface area contributed by atoms with Crippen molar-refractivity contribution in [2.45, 2.75) is 19.4 Å². The van der Waals surface area contributed by atoms with E-state index in [0.29, 0.717) is 12.5 Å². The fourth-order valence-electron chi connectivity index (χ4n) is 1.90. The zero-order valence-electron chi connectivity index (χ0n) is 9.26. The first-order valence-corrected chi connectivity index (χ1v) is 6.41. The third-order valence-corrected chi connectivity index (χ3v) is 3.74. The Morgan fingerprint density at radius 2 is 2.12 bits per heavy atom. The predicted molar refractivity (Wildman–Crippen MR) is 61.3 cm³/mol. The van der Waals surface area contributed by atoms with Crippen molar-refractivity contribution in [2.24, 2.45) is 5.92 Å². The van der Waals surface area contributed by atoms with E-state index in [2.05, 4.69) is 0 Å². The average Bonchev–Trinajstić information content (AvgIpc) is 2.58. The minimum Gasteiger partial charge on any atom is -0.481 e. The van der Waals surface area contributed by atoms with Crippen LogP contribution in [0.2, 0.25) is 0 Å². The zero-order chi connectivity index (χ0) is 12.1. The average molecular weight is 247 g/mol. The summed E-state index contributed by atoms with van der Waals surface area (Å²) in [5.74, 6) is -0.548. The van der Waals surface area contributed by atoms with Crippen LogP contribution in [-0.4, -0.2) is 57.7 Å². The van der Waals surface area contributed by atoms with E-state index in [4.69, 9.17) is 5.11 Å². The van der Waals surface area contributed by atoms with Crippen molar-refractivity contribution < 1.29 is 19.8 Å². The topological polar surface area (TPSA) is 77.8 Å². The minimum atomic E-state index is -0.911. The van der Waals surface area contributed by atoms with Crippen LogP contribution in [0.3, 0.4) is 0 Å². The molecule has 0 aromatic rings. The predicted octanol–water partition coefficient (Wildman–Crippen LogP) is 0.0335. The van der Waals surface area contributed by atoms with E-state index in [1.54, 1.807) is 4.90 Å². The highest BCUT2D eigenvalue weighted by molar-refractivity contribution is 8.00. The number of hydrogen-bond acceptors (Lipinski definition) is 4. The maximum Gasteiger partial charge on any atom is 0.313 e. The molecule has 1 saturated heterocycles. The van der Waals surface area contributed by atoms with Crippen LogP contribution < -0.4 is 0 Å². The molecule has 1 aliphatic heterocycles. The first-order chi connectivity index (χ1) is 7.56. The number of hydrogen-bond donors (Lipinski definition) is 2. The summed E-state index contributed by atoms with van der Waals surface area (Å²) in [5.41, 5.74) is 0. The molecule has 0 aromatic carbocycles. The smallest absolute Gasteiger partial charge is 0.313 e. The molecule has 1 fully saturated rings. The summed E-state index contributed by atoms with van der Waals surface area (Å²) >= 11 is 1.10. The number of carbonyl (C=O) groups is 2. The summed E-state index contributed by atoms with van der Waals surface area (Å²) in [4.78, 5) is 23.7. The summed E-state index contributed by atoms with van der Waals surface area (Å²) in [6, 6.07) is -0.0991. The van der Waals surface area contributed by atoms with Crippen molar-refractivity contribution in [1.82, 2.24) is 4.90 Å². The van der Waals surface area contributed by atoms with Crippen molar-refractivity contribution in [3.05, 3.63) is 0 Å². The first kappa shape index (κ1) is 13.3. The van der Waals surface area contributed by atoms with Crippen molar-refractivity contribution in [3.63, 3.8) is 0 Å². The normalized spacial score (nSPS) is 24.8. The van der Waals surface area contributed by atoms with Gasteiger partial charge in [0.25, 0.3) is 0 Å². The molecule has 1 amide bonds. The molecule has 2 N–H and O–H groups in total. The van der Waals surface area contributed by atoms with Crippen LogP contribution in [0.4, 0.5) is 0 Å². The largest absolute Gasteiger partial charge is 0.481 e. The number of nitrogens with zero attached hydrogens (tertiary/aromatic N) is 1. The fraction of sp³-hybridized carbons (Fsp3) is 0.800. The van der Waals surface area contributed by atoms with Gasteiger partial charge in [-0.3, -0.25) is 9.59 Å². The maximum atomic E-state index is 11.7. The fourth-order valence-corrected chi connectivity index (χ4v) is 2.52. The van der Waals surface area contributed by atoms with E-state index >= 15 is 0 Å². The molecular formula is C10H17NO4S. The van der Waals surface area contributed by atoms with Crippen LogP contribution in [0.25, 0.3) is 0 Å². The van der Waals surface area contributed by atoms with Crippen LogP contribution in [0.5, 0.6) is 0 Å². The maximum absolute atomic E-state index is 11.7. The van der Waals surface area contributed by atoms with Gasteiger partial charge in [0, 0.05) is 6.54 Å². The number of carbonyl (C=O) groups excluding carboxylic acids is 1. The molecule has 2 unspecified atom stereocenters. The second kappa shape index (κ2) is 6.10. The molecule has 5 nitrogen and oxygen atoms in total. The molecule has 1 rings (SSSR count). The van der Waals surface area contributed by atoms with Gasteiger partial charge in [0.15, 0.2) is 0 Å². The Hall–Kier alpha value is -0.750. The van der Waals surface area contributed by atoms with Crippen molar-refractivity contribution in [2.75, 3.05) is 24.7 Å². The van der Waals surface area contributed by atoms with Gasteiger partial charge in [-0.25, -0.2) is 0 Å². The molecule has 1 aliphatic rings. The minimum absolute atomic E-state index is 0.0174. The van der Waals surface area contributed by atoms with Crippen molar-refractivity contribution >= 4 is 23.6 Å². The number of aliphatic hydroxyl groups is 1. The van der Waals surface area contributed by atoms with Crippen LogP contribution in [0.1, 0.15) is 13.3 Å². The van der Waals surface area contributed by atoms with Gasteiger partial charge in [-0.2, -0.15) is 0 Å². The van der Waals surface area contributed by atoms with E-state index in [1.807, 2.05) is 6.92 Å². The van der Waals surface area contributed by atoms with E-state index in [1.165, 1.54) is 0 Å². The summed E-state index contributed by atoms with van der Waals surface area (Å²) in [7, 11) is 0. The Morgan fingerprint density at radius 3 is 2.69 bits per heavy atom. The molecule has 2 atom stereocenters. The number of likely N-dealkylation sites (tertiary alicyclic amines) is 1. The lowest BCUT2D eigenvalue weighted by Crippen LogP contribution is -2.40. The van der Waals surface area contributed by atoms with E-state index in [-0.39, 0.29) is 30.1 Å². The van der Waals surface area contributed by atoms with Gasteiger partial charge in [0.05, 0.1) is 24.2 Å². The number of amides is 1. The molecule has 6 heteroatoms. The first-order valence-electron chi connectivity index (χ1n) is 5.26. The Bertz CT molecular complexity index is 272. The Kier molecular flexibility index (Phi) is 5.08. The van der Waals surface area contributed by atoms with Gasteiger partial charge < -0.3 is 15.1 Å². The van der Waals surface area contributed by atoms with E-state index < -0.39 is 5.97 Å². The van der Waals surface area contributed by atoms with Gasteiger partial charge in [-0.15, -0.1) is 11.8 Å².